The summed E-state index contributed by atoms with van der Waals surface area (Å²) < 4.78 is 17.3. The number of esters is 1. The number of hydrogen-bond acceptors (Lipinski definition) is 7. The zero-order valence-corrected chi connectivity index (χ0v) is 16.4. The van der Waals surface area contributed by atoms with Crippen LogP contribution in [0.5, 0.6) is 11.5 Å². The monoisotopic (exact) mass is 390 g/mol. The molecule has 0 unspecified atom stereocenters. The standard InChI is InChI=1S/C19H22N2O7/c1-6-27-18-9-15(21(24)25)14(8-17(18)26-5)19(23)28-10-16(22)13-7-11(2)20(4)12(13)3/h7-9H,6,10H2,1-5H3. The molecule has 0 fully saturated rings. The van der Waals surface area contributed by atoms with Crippen LogP contribution in [0.25, 0.3) is 0 Å². The second-order valence-electron chi connectivity index (χ2n) is 6.05. The van der Waals surface area contributed by atoms with Gasteiger partial charge in [0.05, 0.1) is 24.7 Å². The van der Waals surface area contributed by atoms with Crippen LogP contribution in [0.3, 0.4) is 0 Å². The maximum absolute atomic E-state index is 12.4. The molecule has 0 bridgehead atoms. The average Bonchev–Trinajstić information content (AvgIpc) is 2.93. The Morgan fingerprint density at radius 3 is 2.32 bits per heavy atom. The predicted octanol–water partition coefficient (Wildman–Crippen LogP) is 3.00. The summed E-state index contributed by atoms with van der Waals surface area (Å²) in [5.41, 5.74) is 1.26. The number of carbonyl (C=O) groups excluding carboxylic acids is 2. The lowest BCUT2D eigenvalue weighted by atomic mass is 10.1. The van der Waals surface area contributed by atoms with E-state index in [2.05, 4.69) is 0 Å². The molecule has 0 N–H and O–H groups in total. The third kappa shape index (κ3) is 4.13. The zero-order chi connectivity index (χ0) is 21.0. The highest BCUT2D eigenvalue weighted by Crippen LogP contribution is 2.35. The minimum absolute atomic E-state index is 0.139. The van der Waals surface area contributed by atoms with Crippen LogP contribution in [0, 0.1) is 24.0 Å². The van der Waals surface area contributed by atoms with Gasteiger partial charge in [0.15, 0.2) is 18.1 Å². The van der Waals surface area contributed by atoms with Gasteiger partial charge in [-0.3, -0.25) is 14.9 Å². The number of hydrogen-bond donors (Lipinski definition) is 0. The fraction of sp³-hybridized carbons (Fsp3) is 0.368. The number of rotatable bonds is 8. The molecular formula is C19H22N2O7. The van der Waals surface area contributed by atoms with Gasteiger partial charge in [-0.15, -0.1) is 0 Å². The van der Waals surface area contributed by atoms with Crippen molar-refractivity contribution in [2.24, 2.45) is 7.05 Å². The lowest BCUT2D eigenvalue weighted by molar-refractivity contribution is -0.385. The summed E-state index contributed by atoms with van der Waals surface area (Å²) in [6.07, 6.45) is 0. The Morgan fingerprint density at radius 1 is 1.14 bits per heavy atom. The summed E-state index contributed by atoms with van der Waals surface area (Å²) in [5, 5.41) is 11.4. The van der Waals surface area contributed by atoms with Gasteiger partial charge in [-0.05, 0) is 26.8 Å². The molecular weight excluding hydrogens is 368 g/mol. The van der Waals surface area contributed by atoms with Crippen LogP contribution in [0.1, 0.15) is 39.0 Å². The Balaban J connectivity index is 2.26. The van der Waals surface area contributed by atoms with Crippen LogP contribution in [-0.4, -0.2) is 41.6 Å². The molecule has 0 saturated heterocycles. The number of Topliss-reactive ketones (excluding diaryl/α,β-unsaturated/α-hetero) is 1. The van der Waals surface area contributed by atoms with E-state index in [1.807, 2.05) is 18.5 Å². The topological polar surface area (TPSA) is 110 Å². The molecule has 0 aliphatic heterocycles. The van der Waals surface area contributed by atoms with Crippen molar-refractivity contribution in [3.05, 3.63) is 50.8 Å². The number of nitrogens with zero attached hydrogens (tertiary/aromatic N) is 2. The molecule has 0 radical (unpaired) electrons. The number of ketones is 1. The first-order valence-electron chi connectivity index (χ1n) is 8.53. The Labute approximate surface area is 162 Å². The highest BCUT2D eigenvalue weighted by atomic mass is 16.6. The van der Waals surface area contributed by atoms with Crippen molar-refractivity contribution >= 4 is 17.4 Å². The molecule has 0 spiro atoms. The maximum Gasteiger partial charge on any atom is 0.345 e. The van der Waals surface area contributed by atoms with Gasteiger partial charge < -0.3 is 18.8 Å². The molecule has 0 aliphatic carbocycles. The Bertz CT molecular complexity index is 931. The van der Waals surface area contributed by atoms with Gasteiger partial charge >= 0.3 is 5.97 Å². The molecule has 1 aromatic heterocycles. The van der Waals surface area contributed by atoms with Gasteiger partial charge in [0, 0.05) is 30.1 Å². The number of carbonyl (C=O) groups is 2. The largest absolute Gasteiger partial charge is 0.493 e. The quantitative estimate of drug-likeness (QED) is 0.295. The van der Waals surface area contributed by atoms with Gasteiger partial charge in [-0.1, -0.05) is 0 Å². The van der Waals surface area contributed by atoms with Crippen molar-refractivity contribution < 1.29 is 28.7 Å². The predicted molar refractivity (Wildman–Crippen MR) is 100 cm³/mol. The normalized spacial score (nSPS) is 10.5. The van der Waals surface area contributed by atoms with Gasteiger partial charge in [-0.2, -0.15) is 0 Å². The number of aromatic nitrogens is 1. The maximum atomic E-state index is 12.4. The van der Waals surface area contributed by atoms with Crippen LogP contribution >= 0.6 is 0 Å². The van der Waals surface area contributed by atoms with Crippen LogP contribution in [0.4, 0.5) is 5.69 Å². The third-order valence-corrected chi connectivity index (χ3v) is 4.41. The van der Waals surface area contributed by atoms with Gasteiger partial charge in [-0.25, -0.2) is 4.79 Å². The summed E-state index contributed by atoms with van der Waals surface area (Å²) >= 11 is 0. The highest BCUT2D eigenvalue weighted by molar-refractivity contribution is 6.01. The molecule has 2 aromatic rings. The number of ether oxygens (including phenoxy) is 3. The van der Waals surface area contributed by atoms with Gasteiger partial charge in [0.2, 0.25) is 5.78 Å². The Morgan fingerprint density at radius 2 is 1.82 bits per heavy atom. The van der Waals surface area contributed by atoms with E-state index < -0.39 is 29.0 Å². The second-order valence-corrected chi connectivity index (χ2v) is 6.05. The van der Waals surface area contributed by atoms with E-state index in [1.165, 1.54) is 13.2 Å². The molecule has 0 atom stereocenters. The van der Waals surface area contributed by atoms with Crippen LogP contribution in [-0.2, 0) is 11.8 Å². The van der Waals surface area contributed by atoms with Crippen molar-refractivity contribution in [1.29, 1.82) is 0 Å². The molecule has 1 heterocycles. The number of nitro benzene ring substituents is 1. The van der Waals surface area contributed by atoms with Crippen LogP contribution in [0.2, 0.25) is 0 Å². The number of aryl methyl sites for hydroxylation is 1. The van der Waals surface area contributed by atoms with E-state index in [0.717, 1.165) is 17.5 Å². The molecule has 0 amide bonds. The third-order valence-electron chi connectivity index (χ3n) is 4.41. The van der Waals surface area contributed by atoms with Crippen molar-refractivity contribution in [3.8, 4) is 11.5 Å². The SMILES string of the molecule is CCOc1cc([N+](=O)[O-])c(C(=O)OCC(=O)c2cc(C)n(C)c2C)cc1OC. The average molecular weight is 390 g/mol. The fourth-order valence-electron chi connectivity index (χ4n) is 2.72. The van der Waals surface area contributed by atoms with Crippen molar-refractivity contribution in [3.63, 3.8) is 0 Å². The molecule has 1 aromatic carbocycles. The Kier molecular flexibility index (Phi) is 6.40. The minimum atomic E-state index is -0.994. The smallest absolute Gasteiger partial charge is 0.345 e. The van der Waals surface area contributed by atoms with E-state index in [1.54, 1.807) is 19.9 Å². The van der Waals surface area contributed by atoms with E-state index in [0.29, 0.717) is 5.56 Å². The lowest BCUT2D eigenvalue weighted by Crippen LogP contribution is -2.16. The summed E-state index contributed by atoms with van der Waals surface area (Å²) in [5.74, 6) is -1.10. The first-order valence-corrected chi connectivity index (χ1v) is 8.53. The first kappa shape index (κ1) is 20.9. The molecule has 0 saturated carbocycles. The lowest BCUT2D eigenvalue weighted by Gasteiger charge is -2.11. The number of nitro groups is 1. The minimum Gasteiger partial charge on any atom is -0.493 e. The van der Waals surface area contributed by atoms with Crippen molar-refractivity contribution in [2.45, 2.75) is 20.8 Å². The number of methoxy groups -OCH3 is 1. The second kappa shape index (κ2) is 8.55. The summed E-state index contributed by atoms with van der Waals surface area (Å²) in [7, 11) is 3.17. The van der Waals surface area contributed by atoms with Crippen LogP contribution in [0.15, 0.2) is 18.2 Å². The molecule has 9 heteroatoms. The van der Waals surface area contributed by atoms with E-state index >= 15 is 0 Å². The van der Waals surface area contributed by atoms with E-state index in [9.17, 15) is 19.7 Å². The van der Waals surface area contributed by atoms with Gasteiger partial charge in [0.1, 0.15) is 5.56 Å². The van der Waals surface area contributed by atoms with Gasteiger partial charge in [0.25, 0.3) is 5.69 Å². The fourth-order valence-corrected chi connectivity index (χ4v) is 2.72. The zero-order valence-electron chi connectivity index (χ0n) is 16.4. The molecule has 2 rings (SSSR count). The number of benzene rings is 1. The van der Waals surface area contributed by atoms with Crippen molar-refractivity contribution in [2.75, 3.05) is 20.3 Å². The molecule has 28 heavy (non-hydrogen) atoms. The first-order chi connectivity index (χ1) is 13.2. The van der Waals surface area contributed by atoms with E-state index in [-0.39, 0.29) is 23.7 Å². The highest BCUT2D eigenvalue weighted by Gasteiger charge is 2.27. The Hall–Kier alpha value is -3.36. The van der Waals surface area contributed by atoms with E-state index in [4.69, 9.17) is 14.2 Å². The van der Waals surface area contributed by atoms with Crippen molar-refractivity contribution in [1.82, 2.24) is 4.57 Å². The van der Waals surface area contributed by atoms with Crippen LogP contribution < -0.4 is 9.47 Å². The molecule has 150 valence electrons. The summed E-state index contributed by atoms with van der Waals surface area (Å²) in [6, 6.07) is 3.98. The molecule has 0 aliphatic rings. The summed E-state index contributed by atoms with van der Waals surface area (Å²) in [4.78, 5) is 35.4. The summed E-state index contributed by atoms with van der Waals surface area (Å²) in [6.45, 7) is 5.08. The molecule has 9 nitrogen and oxygen atoms in total.